The summed E-state index contributed by atoms with van der Waals surface area (Å²) in [5.41, 5.74) is 2.68. The molecule has 0 aromatic heterocycles. The molecule has 1 amide bonds. The molecule has 1 saturated heterocycles. The molecular weight excluding hydrogens is 436 g/mol. The van der Waals surface area contributed by atoms with Crippen molar-refractivity contribution in [3.8, 4) is 5.75 Å². The molecule has 1 fully saturated rings. The van der Waals surface area contributed by atoms with E-state index in [2.05, 4.69) is 36.5 Å². The van der Waals surface area contributed by atoms with Gasteiger partial charge in [0.1, 0.15) is 5.75 Å². The highest BCUT2D eigenvalue weighted by atomic mass is 32.2. The fourth-order valence-corrected chi connectivity index (χ4v) is 5.42. The number of rotatable bonds is 9. The summed E-state index contributed by atoms with van der Waals surface area (Å²) in [4.78, 5) is 12.8. The molecule has 3 rings (SSSR count). The number of benzene rings is 2. The van der Waals surface area contributed by atoms with Crippen molar-refractivity contribution in [3.05, 3.63) is 59.2 Å². The van der Waals surface area contributed by atoms with Gasteiger partial charge < -0.3 is 14.8 Å². The largest absolute Gasteiger partial charge is 0.496 e. The molecule has 0 atom stereocenters. The number of aryl methyl sites for hydroxylation is 1. The Hall–Kier alpha value is -2.07. The maximum absolute atomic E-state index is 12.9. The lowest BCUT2D eigenvalue weighted by Gasteiger charge is -2.26. The van der Waals surface area contributed by atoms with Crippen LogP contribution in [0, 0.1) is 6.92 Å². The fourth-order valence-electron chi connectivity index (χ4n) is 3.17. The van der Waals surface area contributed by atoms with E-state index < -0.39 is 10.0 Å². The molecule has 2 aromatic rings. The Kier molecular flexibility index (Phi) is 8.36. The highest BCUT2D eigenvalue weighted by Gasteiger charge is 2.28. The van der Waals surface area contributed by atoms with Gasteiger partial charge in [0.2, 0.25) is 10.0 Å². The highest BCUT2D eigenvalue weighted by molar-refractivity contribution is 7.98. The normalized spacial score (nSPS) is 14.9. The molecule has 0 bridgehead atoms. The zero-order valence-electron chi connectivity index (χ0n) is 17.8. The van der Waals surface area contributed by atoms with Gasteiger partial charge in [-0.1, -0.05) is 29.8 Å². The Labute approximate surface area is 188 Å². The Bertz CT molecular complexity index is 987. The Morgan fingerprint density at radius 2 is 1.87 bits per heavy atom. The minimum Gasteiger partial charge on any atom is -0.496 e. The number of sulfonamides is 1. The van der Waals surface area contributed by atoms with Gasteiger partial charge in [0.15, 0.2) is 0 Å². The van der Waals surface area contributed by atoms with Gasteiger partial charge in [-0.3, -0.25) is 4.79 Å². The van der Waals surface area contributed by atoms with Crippen LogP contribution in [0.1, 0.15) is 21.5 Å². The molecule has 2 aromatic carbocycles. The Morgan fingerprint density at radius 3 is 2.55 bits per heavy atom. The first-order valence-electron chi connectivity index (χ1n) is 10.1. The summed E-state index contributed by atoms with van der Waals surface area (Å²) in [6.45, 7) is 3.86. The third kappa shape index (κ3) is 6.22. The summed E-state index contributed by atoms with van der Waals surface area (Å²) >= 11 is 1.73. The van der Waals surface area contributed by atoms with Crippen LogP contribution in [0.5, 0.6) is 5.75 Å². The molecule has 9 heteroatoms. The molecule has 0 saturated carbocycles. The number of hydrogen-bond donors (Lipinski definition) is 1. The fraction of sp³-hybridized carbons (Fsp3) is 0.409. The van der Waals surface area contributed by atoms with E-state index in [1.165, 1.54) is 40.7 Å². The highest BCUT2D eigenvalue weighted by Crippen LogP contribution is 2.25. The van der Waals surface area contributed by atoms with Crippen molar-refractivity contribution in [2.45, 2.75) is 17.6 Å². The molecule has 31 heavy (non-hydrogen) atoms. The van der Waals surface area contributed by atoms with E-state index in [1.807, 2.05) is 0 Å². The number of nitrogens with one attached hydrogen (secondary N) is 1. The Morgan fingerprint density at radius 1 is 1.16 bits per heavy atom. The number of amides is 1. The first kappa shape index (κ1) is 23.6. The lowest BCUT2D eigenvalue weighted by molar-refractivity contribution is 0.0730. The van der Waals surface area contributed by atoms with E-state index in [1.54, 1.807) is 11.8 Å². The average molecular weight is 465 g/mol. The molecule has 1 heterocycles. The molecule has 1 aliphatic heterocycles. The smallest absolute Gasteiger partial charge is 0.255 e. The average Bonchev–Trinajstić information content (AvgIpc) is 2.80. The monoisotopic (exact) mass is 464 g/mol. The quantitative estimate of drug-likeness (QED) is 0.575. The molecule has 1 N–H and O–H groups in total. The van der Waals surface area contributed by atoms with Crippen LogP contribution < -0.4 is 10.1 Å². The maximum Gasteiger partial charge on any atom is 0.255 e. The molecule has 0 radical (unpaired) electrons. The van der Waals surface area contributed by atoms with Gasteiger partial charge in [0, 0.05) is 31.1 Å². The summed E-state index contributed by atoms with van der Waals surface area (Å²) in [6, 6.07) is 12.8. The number of carbonyl (C=O) groups is 1. The predicted octanol–water partition coefficient (Wildman–Crippen LogP) is 2.69. The van der Waals surface area contributed by atoms with E-state index in [0.717, 1.165) is 11.5 Å². The van der Waals surface area contributed by atoms with E-state index in [9.17, 15) is 13.2 Å². The number of methoxy groups -OCH3 is 1. The molecule has 1 aliphatic rings. The number of ether oxygens (including phenoxy) is 2. The van der Waals surface area contributed by atoms with Crippen molar-refractivity contribution in [2.75, 3.05) is 45.7 Å². The van der Waals surface area contributed by atoms with E-state index >= 15 is 0 Å². The van der Waals surface area contributed by atoms with Crippen LogP contribution in [0.4, 0.5) is 0 Å². The van der Waals surface area contributed by atoms with Crippen LogP contribution >= 0.6 is 11.8 Å². The summed E-state index contributed by atoms with van der Waals surface area (Å²) in [5.74, 6) is 1.60. The summed E-state index contributed by atoms with van der Waals surface area (Å²) in [7, 11) is -2.23. The molecule has 0 aliphatic carbocycles. The Balaban J connectivity index is 1.60. The summed E-state index contributed by atoms with van der Waals surface area (Å²) < 4.78 is 37.7. The SMILES string of the molecule is COc1ccc(S(=O)(=O)N2CCOCC2)cc1C(=O)NCCSCc1ccc(C)cc1. The van der Waals surface area contributed by atoms with Crippen LogP contribution in [0.15, 0.2) is 47.4 Å². The van der Waals surface area contributed by atoms with Crippen molar-refractivity contribution < 1.29 is 22.7 Å². The van der Waals surface area contributed by atoms with Gasteiger partial charge in [-0.2, -0.15) is 16.1 Å². The zero-order valence-corrected chi connectivity index (χ0v) is 19.4. The van der Waals surface area contributed by atoms with E-state index in [0.29, 0.717) is 38.6 Å². The second-order valence-corrected chi connectivity index (χ2v) is 10.2. The predicted molar refractivity (Wildman–Crippen MR) is 122 cm³/mol. The van der Waals surface area contributed by atoms with Gasteiger partial charge in [0.05, 0.1) is 30.8 Å². The number of hydrogen-bond acceptors (Lipinski definition) is 6. The molecule has 0 spiro atoms. The first-order valence-corrected chi connectivity index (χ1v) is 12.7. The number of thioether (sulfide) groups is 1. The van der Waals surface area contributed by atoms with Gasteiger partial charge in [-0.15, -0.1) is 0 Å². The van der Waals surface area contributed by atoms with Crippen LogP contribution in [0.3, 0.4) is 0 Å². The van der Waals surface area contributed by atoms with Crippen molar-refractivity contribution in [1.82, 2.24) is 9.62 Å². The number of carbonyl (C=O) groups excluding carboxylic acids is 1. The van der Waals surface area contributed by atoms with E-state index in [-0.39, 0.29) is 16.4 Å². The van der Waals surface area contributed by atoms with Crippen molar-refractivity contribution >= 4 is 27.7 Å². The third-order valence-electron chi connectivity index (χ3n) is 4.94. The van der Waals surface area contributed by atoms with Crippen LogP contribution in [-0.2, 0) is 20.5 Å². The number of morpholine rings is 1. The van der Waals surface area contributed by atoms with Crippen LogP contribution in [0.2, 0.25) is 0 Å². The molecule has 168 valence electrons. The minimum atomic E-state index is -3.69. The standard InChI is InChI=1S/C22H28N2O5S2/c1-17-3-5-18(6-4-17)16-30-14-9-23-22(25)20-15-19(7-8-21(20)28-2)31(26,27)24-10-12-29-13-11-24/h3-8,15H,9-14,16H2,1-2H3,(H,23,25). The van der Waals surface area contributed by atoms with Crippen molar-refractivity contribution in [1.29, 1.82) is 0 Å². The lowest BCUT2D eigenvalue weighted by Crippen LogP contribution is -2.40. The summed E-state index contributed by atoms with van der Waals surface area (Å²) in [5, 5.41) is 2.86. The maximum atomic E-state index is 12.9. The topological polar surface area (TPSA) is 84.9 Å². The lowest BCUT2D eigenvalue weighted by atomic mass is 10.2. The van der Waals surface area contributed by atoms with Crippen molar-refractivity contribution in [3.63, 3.8) is 0 Å². The first-order chi connectivity index (χ1) is 14.9. The second kappa shape index (κ2) is 11.0. The molecular formula is C22H28N2O5S2. The van der Waals surface area contributed by atoms with Crippen molar-refractivity contribution in [2.24, 2.45) is 0 Å². The third-order valence-corrected chi connectivity index (χ3v) is 7.87. The zero-order chi connectivity index (χ0) is 22.3. The summed E-state index contributed by atoms with van der Waals surface area (Å²) in [6.07, 6.45) is 0. The van der Waals surface area contributed by atoms with Gasteiger partial charge in [-0.05, 0) is 30.7 Å². The van der Waals surface area contributed by atoms with Gasteiger partial charge in [-0.25, -0.2) is 8.42 Å². The van der Waals surface area contributed by atoms with Crippen LogP contribution in [0.25, 0.3) is 0 Å². The van der Waals surface area contributed by atoms with Crippen LogP contribution in [-0.4, -0.2) is 64.3 Å². The minimum absolute atomic E-state index is 0.0779. The van der Waals surface area contributed by atoms with E-state index in [4.69, 9.17) is 9.47 Å². The van der Waals surface area contributed by atoms with Gasteiger partial charge in [0.25, 0.3) is 5.91 Å². The number of nitrogens with zero attached hydrogens (tertiary/aromatic N) is 1. The molecule has 0 unspecified atom stereocenters. The second-order valence-electron chi connectivity index (χ2n) is 7.17. The van der Waals surface area contributed by atoms with Gasteiger partial charge >= 0.3 is 0 Å². The molecule has 7 nitrogen and oxygen atoms in total.